The number of nitrogens with one attached hydrogen (secondary N) is 3. The van der Waals surface area contributed by atoms with Gasteiger partial charge in [0, 0.05) is 6.42 Å². The van der Waals surface area contributed by atoms with Gasteiger partial charge in [0.05, 0.1) is 12.5 Å². The molecule has 14 heteroatoms. The van der Waals surface area contributed by atoms with Crippen molar-refractivity contribution in [2.24, 2.45) is 11.5 Å². The number of primary amides is 1. The van der Waals surface area contributed by atoms with Gasteiger partial charge in [0.25, 0.3) is 0 Å². The number of amides is 4. The fraction of sp³-hybridized carbons (Fsp3) is 0.625. The predicted octanol–water partition coefficient (Wildman–Crippen LogP) is -3.02. The molecule has 0 aliphatic heterocycles. The summed E-state index contributed by atoms with van der Waals surface area (Å²) in [6.45, 7) is -0.696. The maximum atomic E-state index is 12.6. The van der Waals surface area contributed by atoms with Crippen molar-refractivity contribution in [1.29, 1.82) is 0 Å². The van der Waals surface area contributed by atoms with Gasteiger partial charge in [-0.25, -0.2) is 0 Å². The highest BCUT2D eigenvalue weighted by molar-refractivity contribution is 7.98. The summed E-state index contributed by atoms with van der Waals surface area (Å²) in [7, 11) is 0. The summed E-state index contributed by atoms with van der Waals surface area (Å²) in [5.74, 6) is -5.35. The number of carboxylic acids is 2. The van der Waals surface area contributed by atoms with E-state index in [1.807, 2.05) is 0 Å². The van der Waals surface area contributed by atoms with E-state index in [4.69, 9.17) is 21.7 Å². The Labute approximate surface area is 176 Å². The lowest BCUT2D eigenvalue weighted by atomic mass is 10.1. The van der Waals surface area contributed by atoms with Crippen LogP contribution in [0.3, 0.4) is 0 Å². The number of hydrogen-bond acceptors (Lipinski definition) is 8. The molecule has 13 nitrogen and oxygen atoms in total. The van der Waals surface area contributed by atoms with Crippen molar-refractivity contribution in [2.75, 3.05) is 18.6 Å². The van der Waals surface area contributed by atoms with E-state index in [2.05, 4.69) is 16.0 Å². The minimum Gasteiger partial charge on any atom is -0.481 e. The number of hydrogen-bond donors (Lipinski definition) is 7. The lowest BCUT2D eigenvalue weighted by Crippen LogP contribution is -2.56. The van der Waals surface area contributed by atoms with E-state index in [0.29, 0.717) is 5.75 Å². The first-order valence-electron chi connectivity index (χ1n) is 8.82. The molecule has 3 unspecified atom stereocenters. The molecule has 170 valence electrons. The average Bonchev–Trinajstić information content (AvgIpc) is 2.65. The van der Waals surface area contributed by atoms with Crippen LogP contribution in [0.2, 0.25) is 0 Å². The summed E-state index contributed by atoms with van der Waals surface area (Å²) >= 11 is 1.38. The van der Waals surface area contributed by atoms with Crippen molar-refractivity contribution in [3.05, 3.63) is 0 Å². The fourth-order valence-corrected chi connectivity index (χ4v) is 2.65. The number of carbonyl (C=O) groups is 6. The Hall–Kier alpha value is -2.87. The molecule has 0 saturated heterocycles. The Balaban J connectivity index is 5.25. The number of carboxylic acid groups (broad SMARTS) is 2. The standard InChI is InChI=1S/C16H27N5O8S/c1-30-5-4-10(20-14(27)8(17)6-12(23)24)16(29)21-9(2-3-11(18)22)15(28)19-7-13(25)26/h8-10H,2-7,17H2,1H3,(H2,18,22)(H,19,28)(H,20,27)(H,21,29)(H,23,24)(H,25,26). The van der Waals surface area contributed by atoms with E-state index in [1.165, 1.54) is 11.8 Å². The van der Waals surface area contributed by atoms with Crippen molar-refractivity contribution in [1.82, 2.24) is 16.0 Å². The van der Waals surface area contributed by atoms with Gasteiger partial charge >= 0.3 is 11.9 Å². The van der Waals surface area contributed by atoms with Crippen LogP contribution in [0.5, 0.6) is 0 Å². The highest BCUT2D eigenvalue weighted by Gasteiger charge is 2.28. The molecule has 0 aliphatic carbocycles. The van der Waals surface area contributed by atoms with Gasteiger partial charge in [0.2, 0.25) is 23.6 Å². The van der Waals surface area contributed by atoms with Crippen LogP contribution in [0.4, 0.5) is 0 Å². The molecule has 0 fully saturated rings. The summed E-state index contributed by atoms with van der Waals surface area (Å²) < 4.78 is 0. The summed E-state index contributed by atoms with van der Waals surface area (Å²) in [5, 5.41) is 24.2. The number of carbonyl (C=O) groups excluding carboxylic acids is 4. The average molecular weight is 449 g/mol. The first-order chi connectivity index (χ1) is 14.0. The summed E-state index contributed by atoms with van der Waals surface area (Å²) in [6, 6.07) is -3.78. The Morgan fingerprint density at radius 3 is 1.97 bits per heavy atom. The van der Waals surface area contributed by atoms with Crippen molar-refractivity contribution in [3.63, 3.8) is 0 Å². The van der Waals surface area contributed by atoms with Crippen LogP contribution < -0.4 is 27.4 Å². The number of thioether (sulfide) groups is 1. The molecule has 0 saturated carbocycles. The van der Waals surface area contributed by atoms with E-state index in [-0.39, 0.29) is 19.3 Å². The second kappa shape index (κ2) is 14.2. The largest absolute Gasteiger partial charge is 0.481 e. The molecule has 0 aromatic carbocycles. The molecule has 30 heavy (non-hydrogen) atoms. The van der Waals surface area contributed by atoms with E-state index < -0.39 is 66.7 Å². The molecule has 3 atom stereocenters. The quantitative estimate of drug-likeness (QED) is 0.134. The van der Waals surface area contributed by atoms with Crippen LogP contribution in [0.15, 0.2) is 0 Å². The molecule has 4 amide bonds. The highest BCUT2D eigenvalue weighted by Crippen LogP contribution is 2.05. The normalized spacial score (nSPS) is 13.4. The van der Waals surface area contributed by atoms with Gasteiger partial charge in [-0.05, 0) is 24.9 Å². The second-order valence-corrected chi connectivity index (χ2v) is 7.21. The highest BCUT2D eigenvalue weighted by atomic mass is 32.2. The molecule has 0 rings (SSSR count). The van der Waals surface area contributed by atoms with Crippen LogP contribution in [-0.2, 0) is 28.8 Å². The van der Waals surface area contributed by atoms with Gasteiger partial charge in [0.1, 0.15) is 18.6 Å². The Morgan fingerprint density at radius 1 is 0.900 bits per heavy atom. The lowest BCUT2D eigenvalue weighted by Gasteiger charge is -2.23. The first-order valence-corrected chi connectivity index (χ1v) is 10.2. The summed E-state index contributed by atoms with van der Waals surface area (Å²) in [4.78, 5) is 69.2. The van der Waals surface area contributed by atoms with Crippen LogP contribution in [0.25, 0.3) is 0 Å². The van der Waals surface area contributed by atoms with E-state index >= 15 is 0 Å². The third-order valence-corrected chi connectivity index (χ3v) is 4.35. The molecule has 0 spiro atoms. The molecule has 0 heterocycles. The zero-order valence-electron chi connectivity index (χ0n) is 16.4. The first kappa shape index (κ1) is 27.1. The third kappa shape index (κ3) is 11.9. The van der Waals surface area contributed by atoms with Crippen molar-refractivity contribution in [2.45, 2.75) is 43.8 Å². The topological polar surface area (TPSA) is 231 Å². The second-order valence-electron chi connectivity index (χ2n) is 6.22. The van der Waals surface area contributed by atoms with Crippen LogP contribution in [-0.4, -0.2) is 82.5 Å². The van der Waals surface area contributed by atoms with E-state index in [1.54, 1.807) is 6.26 Å². The zero-order chi connectivity index (χ0) is 23.3. The van der Waals surface area contributed by atoms with Crippen LogP contribution >= 0.6 is 11.8 Å². The Kier molecular flexibility index (Phi) is 12.8. The SMILES string of the molecule is CSCCC(NC(=O)C(N)CC(=O)O)C(=O)NC(CCC(N)=O)C(=O)NCC(=O)O. The molecule has 0 radical (unpaired) electrons. The van der Waals surface area contributed by atoms with Gasteiger partial charge < -0.3 is 37.6 Å². The predicted molar refractivity (Wildman–Crippen MR) is 106 cm³/mol. The molecular formula is C16H27N5O8S. The number of rotatable bonds is 15. The van der Waals surface area contributed by atoms with Crippen LogP contribution in [0, 0.1) is 0 Å². The molecule has 0 bridgehead atoms. The monoisotopic (exact) mass is 449 g/mol. The van der Waals surface area contributed by atoms with Gasteiger partial charge in [-0.2, -0.15) is 11.8 Å². The van der Waals surface area contributed by atoms with Crippen molar-refractivity contribution >= 4 is 47.3 Å². The lowest BCUT2D eigenvalue weighted by molar-refractivity contribution is -0.140. The molecule has 0 aliphatic rings. The molecule has 0 aromatic rings. The van der Waals surface area contributed by atoms with Crippen molar-refractivity contribution in [3.8, 4) is 0 Å². The molecular weight excluding hydrogens is 422 g/mol. The van der Waals surface area contributed by atoms with Gasteiger partial charge in [-0.15, -0.1) is 0 Å². The molecule has 0 aromatic heterocycles. The zero-order valence-corrected chi connectivity index (χ0v) is 17.2. The van der Waals surface area contributed by atoms with Gasteiger partial charge in [-0.3, -0.25) is 28.8 Å². The molecule has 9 N–H and O–H groups in total. The smallest absolute Gasteiger partial charge is 0.322 e. The van der Waals surface area contributed by atoms with Crippen LogP contribution in [0.1, 0.15) is 25.7 Å². The fourth-order valence-electron chi connectivity index (χ4n) is 2.18. The Morgan fingerprint density at radius 2 is 1.47 bits per heavy atom. The van der Waals surface area contributed by atoms with Gasteiger partial charge in [0.15, 0.2) is 0 Å². The number of aliphatic carboxylic acids is 2. The van der Waals surface area contributed by atoms with Gasteiger partial charge in [-0.1, -0.05) is 0 Å². The Bertz CT molecular complexity index is 660. The summed E-state index contributed by atoms with van der Waals surface area (Å²) in [5.41, 5.74) is 10.6. The van der Waals surface area contributed by atoms with E-state index in [0.717, 1.165) is 0 Å². The maximum Gasteiger partial charge on any atom is 0.322 e. The third-order valence-electron chi connectivity index (χ3n) is 3.70. The summed E-state index contributed by atoms with van der Waals surface area (Å²) in [6.07, 6.45) is 0.840. The minimum absolute atomic E-state index is 0.151. The van der Waals surface area contributed by atoms with Crippen molar-refractivity contribution < 1.29 is 39.0 Å². The maximum absolute atomic E-state index is 12.6. The van der Waals surface area contributed by atoms with E-state index in [9.17, 15) is 28.8 Å². The number of nitrogens with two attached hydrogens (primary N) is 2. The minimum atomic E-state index is -1.38.